The molecule has 23 heavy (non-hydrogen) atoms. The third-order valence-electron chi connectivity index (χ3n) is 4.34. The molecular weight excluding hydrogens is 290 g/mol. The van der Waals surface area contributed by atoms with Crippen molar-refractivity contribution in [3.63, 3.8) is 0 Å². The predicted octanol–water partition coefficient (Wildman–Crippen LogP) is 2.84. The molecule has 1 unspecified atom stereocenters. The van der Waals surface area contributed by atoms with Gasteiger partial charge in [0.15, 0.2) is 5.76 Å². The Labute approximate surface area is 134 Å². The van der Waals surface area contributed by atoms with E-state index in [9.17, 15) is 0 Å². The van der Waals surface area contributed by atoms with Crippen molar-refractivity contribution in [3.05, 3.63) is 54.4 Å². The number of likely N-dealkylation sites (tertiary alicyclic amines) is 1. The normalized spacial score (nSPS) is 19.0. The van der Waals surface area contributed by atoms with Crippen LogP contribution in [0.15, 0.2) is 47.4 Å². The molecule has 0 saturated carbocycles. The van der Waals surface area contributed by atoms with Crippen LogP contribution in [0.25, 0.3) is 11.5 Å². The molecule has 0 aliphatic carbocycles. The summed E-state index contributed by atoms with van der Waals surface area (Å²) in [4.78, 5) is 10.9. The lowest BCUT2D eigenvalue weighted by Crippen LogP contribution is -2.34. The molecule has 3 aromatic rings. The van der Waals surface area contributed by atoms with Crippen molar-refractivity contribution < 1.29 is 4.42 Å². The van der Waals surface area contributed by atoms with Crippen molar-refractivity contribution in [1.82, 2.24) is 25.1 Å². The van der Waals surface area contributed by atoms with Gasteiger partial charge in [-0.25, -0.2) is 9.97 Å². The number of H-pyrrole nitrogens is 1. The summed E-state index contributed by atoms with van der Waals surface area (Å²) in [6, 6.07) is 7.98. The fraction of sp³-hybridized carbons (Fsp3) is 0.353. The van der Waals surface area contributed by atoms with E-state index < -0.39 is 0 Å². The van der Waals surface area contributed by atoms with E-state index in [4.69, 9.17) is 4.42 Å². The monoisotopic (exact) mass is 309 g/mol. The number of hydrogen-bond donors (Lipinski definition) is 1. The van der Waals surface area contributed by atoms with E-state index >= 15 is 0 Å². The molecule has 1 N–H and O–H groups in total. The SMILES string of the molecule is c1cc(C2CCCN(Cc3ccc(-c4ccn[nH]4)o3)C2)ncn1. The van der Waals surface area contributed by atoms with E-state index in [1.54, 1.807) is 12.5 Å². The number of rotatable bonds is 4. The maximum absolute atomic E-state index is 5.93. The number of nitrogens with zero attached hydrogens (tertiary/aromatic N) is 4. The van der Waals surface area contributed by atoms with Gasteiger partial charge in [0.2, 0.25) is 0 Å². The third kappa shape index (κ3) is 3.17. The van der Waals surface area contributed by atoms with Crippen LogP contribution in [0.5, 0.6) is 0 Å². The largest absolute Gasteiger partial charge is 0.458 e. The number of hydrogen-bond acceptors (Lipinski definition) is 5. The highest BCUT2D eigenvalue weighted by molar-refractivity contribution is 5.51. The fourth-order valence-electron chi connectivity index (χ4n) is 3.20. The van der Waals surface area contributed by atoms with Gasteiger partial charge in [0.1, 0.15) is 17.8 Å². The molecule has 0 aromatic carbocycles. The van der Waals surface area contributed by atoms with Gasteiger partial charge in [-0.3, -0.25) is 10.00 Å². The van der Waals surface area contributed by atoms with E-state index in [0.29, 0.717) is 5.92 Å². The van der Waals surface area contributed by atoms with Crippen molar-refractivity contribution >= 4 is 0 Å². The van der Waals surface area contributed by atoms with Gasteiger partial charge in [0.05, 0.1) is 6.54 Å². The highest BCUT2D eigenvalue weighted by Gasteiger charge is 2.23. The van der Waals surface area contributed by atoms with Crippen molar-refractivity contribution in [1.29, 1.82) is 0 Å². The minimum absolute atomic E-state index is 0.480. The second kappa shape index (κ2) is 6.34. The molecule has 6 nitrogen and oxygen atoms in total. The molecule has 118 valence electrons. The Kier molecular flexibility index (Phi) is 3.90. The zero-order valence-corrected chi connectivity index (χ0v) is 12.9. The molecule has 6 heteroatoms. The molecule has 1 fully saturated rings. The lowest BCUT2D eigenvalue weighted by Gasteiger charge is -2.31. The summed E-state index contributed by atoms with van der Waals surface area (Å²) in [5.74, 6) is 2.30. The van der Waals surface area contributed by atoms with Crippen molar-refractivity contribution in [3.8, 4) is 11.5 Å². The molecule has 4 rings (SSSR count). The van der Waals surface area contributed by atoms with Crippen LogP contribution in [0.4, 0.5) is 0 Å². The zero-order chi connectivity index (χ0) is 15.5. The van der Waals surface area contributed by atoms with Crippen LogP contribution in [0, 0.1) is 0 Å². The Morgan fingerprint density at radius 2 is 2.22 bits per heavy atom. The summed E-state index contributed by atoms with van der Waals surface area (Å²) in [6.45, 7) is 2.94. The number of piperidine rings is 1. The molecule has 3 aromatic heterocycles. The number of aromatic amines is 1. The zero-order valence-electron chi connectivity index (χ0n) is 12.9. The van der Waals surface area contributed by atoms with Gasteiger partial charge in [-0.2, -0.15) is 5.10 Å². The summed E-state index contributed by atoms with van der Waals surface area (Å²) in [5, 5.41) is 6.89. The topological polar surface area (TPSA) is 70.8 Å². The highest BCUT2D eigenvalue weighted by Crippen LogP contribution is 2.27. The average molecular weight is 309 g/mol. The Morgan fingerprint density at radius 1 is 1.22 bits per heavy atom. The first kappa shape index (κ1) is 14.1. The number of aromatic nitrogens is 4. The van der Waals surface area contributed by atoms with Gasteiger partial charge < -0.3 is 4.42 Å². The molecule has 1 saturated heterocycles. The summed E-state index contributed by atoms with van der Waals surface area (Å²) < 4.78 is 5.93. The molecule has 0 amide bonds. The van der Waals surface area contributed by atoms with E-state index in [-0.39, 0.29) is 0 Å². The highest BCUT2D eigenvalue weighted by atomic mass is 16.3. The molecule has 4 heterocycles. The first-order chi connectivity index (χ1) is 11.4. The predicted molar refractivity (Wildman–Crippen MR) is 85.6 cm³/mol. The quantitative estimate of drug-likeness (QED) is 0.802. The van der Waals surface area contributed by atoms with E-state index in [2.05, 4.69) is 25.1 Å². The van der Waals surface area contributed by atoms with Crippen molar-refractivity contribution in [2.24, 2.45) is 0 Å². The Bertz CT molecular complexity index is 737. The average Bonchev–Trinajstić information content (AvgIpc) is 3.27. The third-order valence-corrected chi connectivity index (χ3v) is 4.34. The lowest BCUT2D eigenvalue weighted by atomic mass is 9.94. The molecule has 1 aliphatic heterocycles. The summed E-state index contributed by atoms with van der Waals surface area (Å²) in [6.07, 6.45) is 7.56. The lowest BCUT2D eigenvalue weighted by molar-refractivity contribution is 0.185. The molecular formula is C17H19N5O. The maximum Gasteiger partial charge on any atom is 0.152 e. The molecule has 0 spiro atoms. The second-order valence-electron chi connectivity index (χ2n) is 5.94. The minimum Gasteiger partial charge on any atom is -0.458 e. The Hall–Kier alpha value is -2.47. The maximum atomic E-state index is 5.93. The van der Waals surface area contributed by atoms with Gasteiger partial charge in [0, 0.05) is 30.6 Å². The fourth-order valence-corrected chi connectivity index (χ4v) is 3.20. The standard InChI is InChI=1S/C17H19N5O/c1-2-13(15-5-7-18-12-19-15)10-22(9-1)11-14-3-4-17(23-14)16-6-8-20-21-16/h3-8,12-13H,1-2,9-11H2,(H,20,21). The first-order valence-electron chi connectivity index (χ1n) is 7.95. The van der Waals surface area contributed by atoms with Crippen LogP contribution in [-0.2, 0) is 6.54 Å². The summed E-state index contributed by atoms with van der Waals surface area (Å²) in [5.41, 5.74) is 2.05. The molecule has 0 radical (unpaired) electrons. The molecule has 1 atom stereocenters. The van der Waals surface area contributed by atoms with Crippen LogP contribution in [-0.4, -0.2) is 38.2 Å². The van der Waals surface area contributed by atoms with Crippen LogP contribution >= 0.6 is 0 Å². The summed E-state index contributed by atoms with van der Waals surface area (Å²) >= 11 is 0. The van der Waals surface area contributed by atoms with Crippen molar-refractivity contribution in [2.75, 3.05) is 13.1 Å². The van der Waals surface area contributed by atoms with Gasteiger partial charge in [-0.05, 0) is 43.7 Å². The van der Waals surface area contributed by atoms with Gasteiger partial charge >= 0.3 is 0 Å². The van der Waals surface area contributed by atoms with Gasteiger partial charge in [-0.1, -0.05) is 0 Å². The minimum atomic E-state index is 0.480. The van der Waals surface area contributed by atoms with Gasteiger partial charge in [0.25, 0.3) is 0 Å². The molecule has 1 aliphatic rings. The van der Waals surface area contributed by atoms with Crippen LogP contribution in [0.3, 0.4) is 0 Å². The summed E-state index contributed by atoms with van der Waals surface area (Å²) in [7, 11) is 0. The van der Waals surface area contributed by atoms with Crippen LogP contribution in [0.2, 0.25) is 0 Å². The smallest absolute Gasteiger partial charge is 0.152 e. The van der Waals surface area contributed by atoms with E-state index in [0.717, 1.165) is 42.5 Å². The number of furan rings is 1. The second-order valence-corrected chi connectivity index (χ2v) is 5.94. The number of nitrogens with one attached hydrogen (secondary N) is 1. The van der Waals surface area contributed by atoms with E-state index in [1.165, 1.54) is 12.8 Å². The van der Waals surface area contributed by atoms with Crippen LogP contribution in [0.1, 0.15) is 30.2 Å². The van der Waals surface area contributed by atoms with Gasteiger partial charge in [-0.15, -0.1) is 0 Å². The van der Waals surface area contributed by atoms with Crippen LogP contribution < -0.4 is 0 Å². The molecule has 0 bridgehead atoms. The van der Waals surface area contributed by atoms with Crippen molar-refractivity contribution in [2.45, 2.75) is 25.3 Å². The Morgan fingerprint density at radius 3 is 3.04 bits per heavy atom. The Balaban J connectivity index is 1.43. The van der Waals surface area contributed by atoms with E-state index in [1.807, 2.05) is 30.5 Å². The first-order valence-corrected chi connectivity index (χ1v) is 7.95.